The van der Waals surface area contributed by atoms with E-state index in [9.17, 15) is 14.0 Å². The average molecular weight is 436 g/mol. The number of aromatic nitrogens is 3. The number of pyridine rings is 1. The number of carbonyl (C=O) groups is 2. The van der Waals surface area contributed by atoms with Gasteiger partial charge in [0.05, 0.1) is 17.3 Å². The third-order valence-electron chi connectivity index (χ3n) is 5.55. The second-order valence-electron chi connectivity index (χ2n) is 7.88. The molecule has 8 nitrogen and oxygen atoms in total. The molecule has 0 saturated carbocycles. The number of hydrogen-bond acceptors (Lipinski definition) is 5. The van der Waals surface area contributed by atoms with Crippen LogP contribution in [0.3, 0.4) is 0 Å². The highest BCUT2D eigenvalue weighted by atomic mass is 19.1. The summed E-state index contributed by atoms with van der Waals surface area (Å²) < 4.78 is 15.1. The van der Waals surface area contributed by atoms with Gasteiger partial charge in [-0.15, -0.1) is 0 Å². The Kier molecular flexibility index (Phi) is 6.44. The topological polar surface area (TPSA) is 92.2 Å². The molecule has 1 fully saturated rings. The molecule has 1 aromatic carbocycles. The summed E-state index contributed by atoms with van der Waals surface area (Å²) in [5, 5.41) is 10.0. The fraction of sp³-hybridized carbons (Fsp3) is 0.304. The van der Waals surface area contributed by atoms with Crippen molar-refractivity contribution < 1.29 is 14.0 Å². The first-order valence-electron chi connectivity index (χ1n) is 10.5. The molecular weight excluding hydrogens is 411 g/mol. The van der Waals surface area contributed by atoms with Crippen molar-refractivity contribution in [2.45, 2.75) is 12.8 Å². The van der Waals surface area contributed by atoms with Crippen LogP contribution in [0.15, 0.2) is 55.0 Å². The second kappa shape index (κ2) is 9.59. The van der Waals surface area contributed by atoms with Crippen LogP contribution in [0.25, 0.3) is 0 Å². The molecule has 32 heavy (non-hydrogen) atoms. The van der Waals surface area contributed by atoms with Gasteiger partial charge in [-0.1, -0.05) is 6.07 Å². The molecule has 2 amide bonds. The molecule has 0 bridgehead atoms. The summed E-state index contributed by atoms with van der Waals surface area (Å²) in [5.74, 6) is 0.0822. The Morgan fingerprint density at radius 1 is 1.19 bits per heavy atom. The maximum Gasteiger partial charge on any atom is 0.257 e. The number of likely N-dealkylation sites (tertiary alicyclic amines) is 1. The number of aryl methyl sites for hydroxylation is 1. The molecule has 2 aromatic heterocycles. The molecule has 1 aliphatic heterocycles. The molecule has 1 saturated heterocycles. The zero-order valence-electron chi connectivity index (χ0n) is 17.8. The molecule has 9 heteroatoms. The van der Waals surface area contributed by atoms with Crippen LogP contribution in [0.4, 0.5) is 15.9 Å². The first-order chi connectivity index (χ1) is 15.5. The normalized spacial score (nSPS) is 14.2. The number of carbonyl (C=O) groups excluding carboxylic acids is 2. The number of rotatable bonds is 6. The molecule has 4 rings (SSSR count). The summed E-state index contributed by atoms with van der Waals surface area (Å²) in [6.07, 6.45) is 6.41. The SMILES string of the molecule is Cn1cc(C(=O)NCC2CCN(C(=O)c3cccnc3Nc3cccc(F)c3)CC2)cn1. The van der Waals surface area contributed by atoms with E-state index in [1.807, 2.05) is 0 Å². The molecule has 0 spiro atoms. The molecular formula is C23H25FN6O2. The van der Waals surface area contributed by atoms with Crippen molar-refractivity contribution in [2.75, 3.05) is 25.0 Å². The molecule has 2 N–H and O–H groups in total. The van der Waals surface area contributed by atoms with Gasteiger partial charge in [0.1, 0.15) is 11.6 Å². The molecule has 0 radical (unpaired) electrons. The van der Waals surface area contributed by atoms with Gasteiger partial charge in [-0.05, 0) is 49.1 Å². The Labute approximate surface area is 185 Å². The average Bonchev–Trinajstić information content (AvgIpc) is 3.24. The van der Waals surface area contributed by atoms with E-state index in [1.165, 1.54) is 12.1 Å². The van der Waals surface area contributed by atoms with E-state index in [1.54, 1.807) is 59.5 Å². The number of hydrogen-bond donors (Lipinski definition) is 2. The van der Waals surface area contributed by atoms with Crippen LogP contribution in [0.1, 0.15) is 33.6 Å². The maximum absolute atomic E-state index is 13.5. The lowest BCUT2D eigenvalue weighted by Crippen LogP contribution is -2.41. The highest BCUT2D eigenvalue weighted by molar-refractivity contribution is 5.99. The third-order valence-corrected chi connectivity index (χ3v) is 5.55. The van der Waals surface area contributed by atoms with Crippen LogP contribution in [0.2, 0.25) is 0 Å². The summed E-state index contributed by atoms with van der Waals surface area (Å²) in [4.78, 5) is 31.4. The van der Waals surface area contributed by atoms with Crippen molar-refractivity contribution in [3.8, 4) is 0 Å². The maximum atomic E-state index is 13.5. The summed E-state index contributed by atoms with van der Waals surface area (Å²) in [7, 11) is 1.77. The molecule has 3 aromatic rings. The van der Waals surface area contributed by atoms with E-state index >= 15 is 0 Å². The fourth-order valence-corrected chi connectivity index (χ4v) is 3.77. The zero-order chi connectivity index (χ0) is 22.5. The van der Waals surface area contributed by atoms with Crippen LogP contribution in [0.5, 0.6) is 0 Å². The fourth-order valence-electron chi connectivity index (χ4n) is 3.77. The van der Waals surface area contributed by atoms with E-state index in [-0.39, 0.29) is 17.6 Å². The van der Waals surface area contributed by atoms with Gasteiger partial charge in [-0.25, -0.2) is 9.37 Å². The monoisotopic (exact) mass is 436 g/mol. The van der Waals surface area contributed by atoms with Crippen molar-refractivity contribution in [3.05, 3.63) is 71.9 Å². The Hall–Kier alpha value is -3.75. The lowest BCUT2D eigenvalue weighted by molar-refractivity contribution is 0.0685. The van der Waals surface area contributed by atoms with Gasteiger partial charge in [0, 0.05) is 44.8 Å². The number of nitrogens with zero attached hydrogens (tertiary/aromatic N) is 4. The Morgan fingerprint density at radius 2 is 2.00 bits per heavy atom. The van der Waals surface area contributed by atoms with E-state index in [2.05, 4.69) is 20.7 Å². The summed E-state index contributed by atoms with van der Waals surface area (Å²) in [6.45, 7) is 1.76. The van der Waals surface area contributed by atoms with Crippen molar-refractivity contribution in [1.82, 2.24) is 25.0 Å². The smallest absolute Gasteiger partial charge is 0.257 e. The zero-order valence-corrected chi connectivity index (χ0v) is 17.8. The number of amides is 2. The second-order valence-corrected chi connectivity index (χ2v) is 7.88. The Morgan fingerprint density at radius 3 is 2.72 bits per heavy atom. The van der Waals surface area contributed by atoms with Gasteiger partial charge >= 0.3 is 0 Å². The number of halogens is 1. The standard InChI is InChI=1S/C23H25FN6O2/c1-29-15-17(14-27-29)22(31)26-13-16-7-10-30(11-8-16)23(32)20-6-3-9-25-21(20)28-19-5-2-4-18(24)12-19/h2-6,9,12,14-16H,7-8,10-11,13H2,1H3,(H,25,28)(H,26,31). The van der Waals surface area contributed by atoms with E-state index < -0.39 is 0 Å². The van der Waals surface area contributed by atoms with Crippen LogP contribution in [-0.4, -0.2) is 51.1 Å². The molecule has 0 aliphatic carbocycles. The lowest BCUT2D eigenvalue weighted by Gasteiger charge is -2.32. The van der Waals surface area contributed by atoms with Crippen molar-refractivity contribution in [3.63, 3.8) is 0 Å². The van der Waals surface area contributed by atoms with Crippen LogP contribution < -0.4 is 10.6 Å². The third kappa shape index (κ3) is 5.11. The van der Waals surface area contributed by atoms with E-state index in [0.717, 1.165) is 12.8 Å². The van der Waals surface area contributed by atoms with Crippen LogP contribution >= 0.6 is 0 Å². The number of nitrogens with one attached hydrogen (secondary N) is 2. The van der Waals surface area contributed by atoms with Gasteiger partial charge in [-0.3, -0.25) is 14.3 Å². The van der Waals surface area contributed by atoms with E-state index in [0.29, 0.717) is 48.2 Å². The predicted molar refractivity (Wildman–Crippen MR) is 118 cm³/mol. The Balaban J connectivity index is 1.33. The van der Waals surface area contributed by atoms with Gasteiger partial charge < -0.3 is 15.5 Å². The van der Waals surface area contributed by atoms with Gasteiger partial charge in [0.2, 0.25) is 0 Å². The van der Waals surface area contributed by atoms with Gasteiger partial charge in [0.15, 0.2) is 0 Å². The highest BCUT2D eigenvalue weighted by Crippen LogP contribution is 2.23. The summed E-state index contributed by atoms with van der Waals surface area (Å²) in [5.41, 5.74) is 1.51. The minimum atomic E-state index is -0.364. The lowest BCUT2D eigenvalue weighted by atomic mass is 9.96. The van der Waals surface area contributed by atoms with E-state index in [4.69, 9.17) is 0 Å². The minimum absolute atomic E-state index is 0.116. The van der Waals surface area contributed by atoms with Gasteiger partial charge in [-0.2, -0.15) is 5.10 Å². The van der Waals surface area contributed by atoms with Crippen molar-refractivity contribution >= 4 is 23.3 Å². The molecule has 0 atom stereocenters. The quantitative estimate of drug-likeness (QED) is 0.620. The molecule has 1 aliphatic rings. The molecule has 0 unspecified atom stereocenters. The van der Waals surface area contributed by atoms with Crippen molar-refractivity contribution in [2.24, 2.45) is 13.0 Å². The molecule has 3 heterocycles. The molecule has 166 valence electrons. The first kappa shape index (κ1) is 21.5. The first-order valence-corrected chi connectivity index (χ1v) is 10.5. The number of anilines is 2. The van der Waals surface area contributed by atoms with Crippen LogP contribution in [-0.2, 0) is 7.05 Å². The van der Waals surface area contributed by atoms with Crippen molar-refractivity contribution in [1.29, 1.82) is 0 Å². The minimum Gasteiger partial charge on any atom is -0.352 e. The van der Waals surface area contributed by atoms with Gasteiger partial charge in [0.25, 0.3) is 11.8 Å². The number of piperidine rings is 1. The number of benzene rings is 1. The largest absolute Gasteiger partial charge is 0.352 e. The Bertz CT molecular complexity index is 1110. The highest BCUT2D eigenvalue weighted by Gasteiger charge is 2.26. The summed E-state index contributed by atoms with van der Waals surface area (Å²) >= 11 is 0. The van der Waals surface area contributed by atoms with Crippen LogP contribution in [0, 0.1) is 11.7 Å². The summed E-state index contributed by atoms with van der Waals surface area (Å²) in [6, 6.07) is 9.46. The predicted octanol–water partition coefficient (Wildman–Crippen LogP) is 2.98.